The molecule has 0 saturated carbocycles. The van der Waals surface area contributed by atoms with Gasteiger partial charge in [-0.25, -0.2) is 4.79 Å². The van der Waals surface area contributed by atoms with E-state index >= 15 is 0 Å². The fraction of sp³-hybridized carbons (Fsp3) is 0.833. The molecule has 2 N–H and O–H groups in total. The summed E-state index contributed by atoms with van der Waals surface area (Å²) in [6.45, 7) is 4.75. The summed E-state index contributed by atoms with van der Waals surface area (Å²) in [5, 5.41) is 5.63. The number of morpholine rings is 1. The summed E-state index contributed by atoms with van der Waals surface area (Å²) in [4.78, 5) is 25.7. The first-order valence-corrected chi connectivity index (χ1v) is 6.72. The molecule has 0 aliphatic carbocycles. The molecule has 2 unspecified atom stereocenters. The van der Waals surface area contributed by atoms with Crippen LogP contribution in [0.3, 0.4) is 0 Å². The standard InChI is InChI=1S/C12H21N3O4/c1-2-13-11(16)10-8-19-6-4-15(10)12(17)14-9-3-5-18-7-9/h9-10H,2-8H2,1H3,(H,13,16)(H,14,17). The smallest absolute Gasteiger partial charge is 0.318 e. The van der Waals surface area contributed by atoms with Crippen LogP contribution in [0.5, 0.6) is 0 Å². The van der Waals surface area contributed by atoms with E-state index in [1.165, 1.54) is 0 Å². The van der Waals surface area contributed by atoms with Crippen molar-refractivity contribution in [1.82, 2.24) is 15.5 Å². The Morgan fingerprint density at radius 1 is 1.26 bits per heavy atom. The first-order chi connectivity index (χ1) is 9.22. The van der Waals surface area contributed by atoms with Crippen LogP contribution >= 0.6 is 0 Å². The van der Waals surface area contributed by atoms with Gasteiger partial charge < -0.3 is 25.0 Å². The average Bonchev–Trinajstić information content (AvgIpc) is 2.92. The molecule has 2 saturated heterocycles. The van der Waals surface area contributed by atoms with Gasteiger partial charge in [0, 0.05) is 19.7 Å². The van der Waals surface area contributed by atoms with Crippen molar-refractivity contribution in [3.8, 4) is 0 Å². The highest BCUT2D eigenvalue weighted by Gasteiger charge is 2.33. The van der Waals surface area contributed by atoms with E-state index in [-0.39, 0.29) is 24.6 Å². The molecule has 19 heavy (non-hydrogen) atoms. The Kier molecular flexibility index (Phi) is 4.98. The Labute approximate surface area is 112 Å². The Morgan fingerprint density at radius 2 is 2.05 bits per heavy atom. The van der Waals surface area contributed by atoms with Crippen LogP contribution in [-0.4, -0.2) is 68.4 Å². The van der Waals surface area contributed by atoms with Gasteiger partial charge in [0.25, 0.3) is 0 Å². The lowest BCUT2D eigenvalue weighted by molar-refractivity contribution is -0.130. The summed E-state index contributed by atoms with van der Waals surface area (Å²) in [7, 11) is 0. The number of hydrogen-bond donors (Lipinski definition) is 2. The van der Waals surface area contributed by atoms with E-state index in [0.717, 1.165) is 6.42 Å². The van der Waals surface area contributed by atoms with Crippen LogP contribution in [0.25, 0.3) is 0 Å². The molecule has 2 heterocycles. The Balaban J connectivity index is 1.93. The maximum Gasteiger partial charge on any atom is 0.318 e. The van der Waals surface area contributed by atoms with Crippen LogP contribution in [0.2, 0.25) is 0 Å². The second-order valence-electron chi connectivity index (χ2n) is 4.69. The predicted octanol–water partition coefficient (Wildman–Crippen LogP) is -0.678. The molecule has 7 heteroatoms. The molecular weight excluding hydrogens is 250 g/mol. The molecule has 0 aromatic carbocycles. The van der Waals surface area contributed by atoms with Crippen LogP contribution in [0, 0.1) is 0 Å². The van der Waals surface area contributed by atoms with Gasteiger partial charge in [-0.15, -0.1) is 0 Å². The topological polar surface area (TPSA) is 79.9 Å². The number of hydrogen-bond acceptors (Lipinski definition) is 4. The number of urea groups is 1. The van der Waals surface area contributed by atoms with Crippen LogP contribution in [-0.2, 0) is 14.3 Å². The molecule has 2 aliphatic rings. The van der Waals surface area contributed by atoms with Gasteiger partial charge in [0.15, 0.2) is 0 Å². The van der Waals surface area contributed by atoms with E-state index in [9.17, 15) is 9.59 Å². The van der Waals surface area contributed by atoms with Crippen molar-refractivity contribution in [3.05, 3.63) is 0 Å². The highest BCUT2D eigenvalue weighted by molar-refractivity contribution is 5.87. The zero-order valence-electron chi connectivity index (χ0n) is 11.2. The van der Waals surface area contributed by atoms with E-state index < -0.39 is 6.04 Å². The lowest BCUT2D eigenvalue weighted by Crippen LogP contribution is -2.59. The second kappa shape index (κ2) is 6.72. The van der Waals surface area contributed by atoms with E-state index in [2.05, 4.69) is 10.6 Å². The van der Waals surface area contributed by atoms with E-state index in [1.54, 1.807) is 4.90 Å². The fourth-order valence-corrected chi connectivity index (χ4v) is 2.26. The number of likely N-dealkylation sites (N-methyl/N-ethyl adjacent to an activating group) is 1. The van der Waals surface area contributed by atoms with Gasteiger partial charge in [-0.1, -0.05) is 0 Å². The molecule has 2 aliphatic heterocycles. The van der Waals surface area contributed by atoms with Crippen molar-refractivity contribution < 1.29 is 19.1 Å². The highest BCUT2D eigenvalue weighted by atomic mass is 16.5. The van der Waals surface area contributed by atoms with Crippen LogP contribution in [0.1, 0.15) is 13.3 Å². The minimum absolute atomic E-state index is 0.0465. The number of rotatable bonds is 3. The van der Waals surface area contributed by atoms with Gasteiger partial charge >= 0.3 is 6.03 Å². The zero-order chi connectivity index (χ0) is 13.7. The van der Waals surface area contributed by atoms with Gasteiger partial charge in [-0.05, 0) is 13.3 Å². The summed E-state index contributed by atoms with van der Waals surface area (Å²) >= 11 is 0. The Bertz CT molecular complexity index is 331. The summed E-state index contributed by atoms with van der Waals surface area (Å²) < 4.78 is 10.5. The molecule has 2 atom stereocenters. The van der Waals surface area contributed by atoms with Crippen molar-refractivity contribution in [2.24, 2.45) is 0 Å². The van der Waals surface area contributed by atoms with Crippen LogP contribution < -0.4 is 10.6 Å². The average molecular weight is 271 g/mol. The first-order valence-electron chi connectivity index (χ1n) is 6.72. The van der Waals surface area contributed by atoms with Gasteiger partial charge in [-0.3, -0.25) is 4.79 Å². The Morgan fingerprint density at radius 3 is 2.74 bits per heavy atom. The molecule has 2 fully saturated rings. The monoisotopic (exact) mass is 271 g/mol. The van der Waals surface area contributed by atoms with Crippen molar-refractivity contribution >= 4 is 11.9 Å². The van der Waals surface area contributed by atoms with Gasteiger partial charge in [-0.2, -0.15) is 0 Å². The minimum atomic E-state index is -0.545. The largest absolute Gasteiger partial charge is 0.379 e. The lowest BCUT2D eigenvalue weighted by atomic mass is 10.2. The number of nitrogens with one attached hydrogen (secondary N) is 2. The molecule has 0 radical (unpaired) electrons. The summed E-state index contributed by atoms with van der Waals surface area (Å²) in [6.07, 6.45) is 0.821. The number of carbonyl (C=O) groups is 2. The Hall–Kier alpha value is -1.34. The normalized spacial score (nSPS) is 27.1. The van der Waals surface area contributed by atoms with Crippen molar-refractivity contribution in [3.63, 3.8) is 0 Å². The molecule has 0 bridgehead atoms. The third-order valence-corrected chi connectivity index (χ3v) is 3.30. The number of amides is 3. The van der Waals surface area contributed by atoms with E-state index in [4.69, 9.17) is 9.47 Å². The predicted molar refractivity (Wildman–Crippen MR) is 67.8 cm³/mol. The van der Waals surface area contributed by atoms with Gasteiger partial charge in [0.2, 0.25) is 5.91 Å². The quantitative estimate of drug-likeness (QED) is 0.713. The summed E-state index contributed by atoms with van der Waals surface area (Å²) in [6, 6.07) is -0.712. The SMILES string of the molecule is CCNC(=O)C1COCCN1C(=O)NC1CCOC1. The zero-order valence-corrected chi connectivity index (χ0v) is 11.2. The molecule has 108 valence electrons. The first kappa shape index (κ1) is 14.1. The molecular formula is C12H21N3O4. The number of nitrogens with zero attached hydrogens (tertiary/aromatic N) is 1. The summed E-state index contributed by atoms with van der Waals surface area (Å²) in [5.74, 6) is -0.167. The number of carbonyl (C=O) groups excluding carboxylic acids is 2. The molecule has 2 rings (SSSR count). The fourth-order valence-electron chi connectivity index (χ4n) is 2.26. The van der Waals surface area contributed by atoms with Gasteiger partial charge in [0.1, 0.15) is 6.04 Å². The minimum Gasteiger partial charge on any atom is -0.379 e. The third-order valence-electron chi connectivity index (χ3n) is 3.30. The maximum absolute atomic E-state index is 12.2. The summed E-state index contributed by atoms with van der Waals surface area (Å²) in [5.41, 5.74) is 0. The van der Waals surface area contributed by atoms with Crippen LogP contribution in [0.15, 0.2) is 0 Å². The van der Waals surface area contributed by atoms with E-state index in [1.807, 2.05) is 6.92 Å². The lowest BCUT2D eigenvalue weighted by Gasteiger charge is -2.35. The molecule has 0 aromatic rings. The van der Waals surface area contributed by atoms with Crippen molar-refractivity contribution in [1.29, 1.82) is 0 Å². The molecule has 0 aromatic heterocycles. The maximum atomic E-state index is 12.2. The van der Waals surface area contributed by atoms with Crippen LogP contribution in [0.4, 0.5) is 4.79 Å². The molecule has 0 spiro atoms. The van der Waals surface area contributed by atoms with Gasteiger partial charge in [0.05, 0.1) is 25.9 Å². The molecule has 3 amide bonds. The number of ether oxygens (including phenoxy) is 2. The third kappa shape index (κ3) is 3.57. The molecule has 7 nitrogen and oxygen atoms in total. The second-order valence-corrected chi connectivity index (χ2v) is 4.69. The highest BCUT2D eigenvalue weighted by Crippen LogP contribution is 2.10. The van der Waals surface area contributed by atoms with Crippen molar-refractivity contribution in [2.45, 2.75) is 25.4 Å². The van der Waals surface area contributed by atoms with E-state index in [0.29, 0.717) is 32.9 Å². The van der Waals surface area contributed by atoms with Crippen molar-refractivity contribution in [2.75, 3.05) is 39.5 Å².